The third-order valence-corrected chi connectivity index (χ3v) is 5.97. The topological polar surface area (TPSA) is 67.4 Å². The molecule has 0 saturated carbocycles. The molecule has 0 radical (unpaired) electrons. The van der Waals surface area contributed by atoms with E-state index in [2.05, 4.69) is 52.2 Å². The number of carbonyl (C=O) groups excluding carboxylic acids is 2. The summed E-state index contributed by atoms with van der Waals surface area (Å²) in [6.45, 7) is 20.6. The number of ether oxygens (including phenoxy) is 1. The highest BCUT2D eigenvalue weighted by Gasteiger charge is 2.22. The Kier molecular flexibility index (Phi) is 12.5. The normalized spacial score (nSPS) is 13.8. The lowest BCUT2D eigenvalue weighted by molar-refractivity contribution is -0.128. The van der Waals surface area contributed by atoms with Gasteiger partial charge in [0.15, 0.2) is 0 Å². The van der Waals surface area contributed by atoms with Crippen LogP contribution in [0.4, 0.5) is 0 Å². The van der Waals surface area contributed by atoms with Gasteiger partial charge in [0.05, 0.1) is 18.1 Å². The predicted molar refractivity (Wildman–Crippen MR) is 125 cm³/mol. The first-order valence-corrected chi connectivity index (χ1v) is 12.0. The number of carbonyl (C=O) groups is 2. The molecule has 1 unspecified atom stereocenters. The van der Waals surface area contributed by atoms with E-state index in [9.17, 15) is 9.59 Å². The molecule has 0 bridgehead atoms. The molecule has 1 atom stereocenters. The van der Waals surface area contributed by atoms with E-state index in [0.29, 0.717) is 38.0 Å². The van der Waals surface area contributed by atoms with Crippen molar-refractivity contribution in [1.82, 2.24) is 10.6 Å². The van der Waals surface area contributed by atoms with Crippen molar-refractivity contribution in [2.45, 2.75) is 87.2 Å². The lowest BCUT2D eigenvalue weighted by Gasteiger charge is -2.27. The highest BCUT2D eigenvalue weighted by molar-refractivity contribution is 7.99. The largest absolute Gasteiger partial charge is 0.375 e. The molecule has 2 amide bonds. The minimum absolute atomic E-state index is 0.0349. The Bertz CT molecular complexity index is 493. The maximum atomic E-state index is 12.2. The second-order valence-corrected chi connectivity index (χ2v) is 12.1. The van der Waals surface area contributed by atoms with Gasteiger partial charge in [-0.2, -0.15) is 11.8 Å². The maximum Gasteiger partial charge on any atom is 0.225 e. The van der Waals surface area contributed by atoms with Crippen LogP contribution in [0.25, 0.3) is 0 Å². The zero-order valence-electron chi connectivity index (χ0n) is 20.4. The number of thioether (sulfide) groups is 1. The Balaban J connectivity index is 4.00. The zero-order valence-corrected chi connectivity index (χ0v) is 21.2. The van der Waals surface area contributed by atoms with E-state index in [-0.39, 0.29) is 28.7 Å². The van der Waals surface area contributed by atoms with Crippen LogP contribution < -0.4 is 10.6 Å². The second kappa shape index (κ2) is 12.8. The third-order valence-electron chi connectivity index (χ3n) is 4.40. The summed E-state index contributed by atoms with van der Waals surface area (Å²) in [5, 5.41) is 5.96. The molecule has 29 heavy (non-hydrogen) atoms. The SMILES string of the molecule is CC(COC(C)(C)CCNC(=O)CCC(C)(C)C)C(=O)NCCSCC(C)(C)C. The molecule has 6 heteroatoms. The van der Waals surface area contributed by atoms with E-state index in [1.54, 1.807) is 0 Å². The smallest absolute Gasteiger partial charge is 0.225 e. The fourth-order valence-corrected chi connectivity index (χ4v) is 3.38. The highest BCUT2D eigenvalue weighted by atomic mass is 32.2. The summed E-state index contributed by atoms with van der Waals surface area (Å²) in [6, 6.07) is 0. The van der Waals surface area contributed by atoms with Crippen LogP contribution in [0.3, 0.4) is 0 Å². The Morgan fingerprint density at radius 2 is 1.52 bits per heavy atom. The fraction of sp³-hybridized carbons (Fsp3) is 0.913. The van der Waals surface area contributed by atoms with E-state index in [1.807, 2.05) is 32.5 Å². The molecule has 0 heterocycles. The molecule has 2 N–H and O–H groups in total. The van der Waals surface area contributed by atoms with Crippen LogP contribution in [-0.4, -0.2) is 48.6 Å². The minimum atomic E-state index is -0.381. The molecule has 0 aliphatic rings. The van der Waals surface area contributed by atoms with Crippen molar-refractivity contribution in [1.29, 1.82) is 0 Å². The molecule has 0 rings (SSSR count). The van der Waals surface area contributed by atoms with Gasteiger partial charge in [-0.1, -0.05) is 48.5 Å². The lowest BCUT2D eigenvalue weighted by atomic mass is 9.90. The fourth-order valence-electron chi connectivity index (χ4n) is 2.38. The predicted octanol–water partition coefficient (Wildman–Crippen LogP) is 4.65. The molecule has 0 aromatic rings. The molecular formula is C23H46N2O3S. The summed E-state index contributed by atoms with van der Waals surface area (Å²) in [4.78, 5) is 24.1. The van der Waals surface area contributed by atoms with E-state index in [4.69, 9.17) is 4.74 Å². The molecule has 0 spiro atoms. The van der Waals surface area contributed by atoms with Gasteiger partial charge in [0.25, 0.3) is 0 Å². The molecule has 0 aromatic carbocycles. The van der Waals surface area contributed by atoms with Crippen LogP contribution in [-0.2, 0) is 14.3 Å². The summed E-state index contributed by atoms with van der Waals surface area (Å²) in [5.74, 6) is 1.95. The van der Waals surface area contributed by atoms with Gasteiger partial charge in [-0.25, -0.2) is 0 Å². The van der Waals surface area contributed by atoms with Crippen LogP contribution in [0.2, 0.25) is 0 Å². The molecule has 0 fully saturated rings. The monoisotopic (exact) mass is 430 g/mol. The Morgan fingerprint density at radius 3 is 2.07 bits per heavy atom. The standard InChI is InChI=1S/C23H46N2O3S/c1-18(20(27)25-14-15-29-17-22(5,6)7)16-28-23(8,9)12-13-24-19(26)10-11-21(2,3)4/h18H,10-17H2,1-9H3,(H,24,26)(H,25,27). The Morgan fingerprint density at radius 1 is 0.897 bits per heavy atom. The average Bonchev–Trinajstić information content (AvgIpc) is 2.55. The Hall–Kier alpha value is -0.750. The number of hydrogen-bond donors (Lipinski definition) is 2. The summed E-state index contributed by atoms with van der Waals surface area (Å²) in [7, 11) is 0. The van der Waals surface area contributed by atoms with Crippen LogP contribution >= 0.6 is 11.8 Å². The summed E-state index contributed by atoms with van der Waals surface area (Å²) in [6.07, 6.45) is 2.14. The second-order valence-electron chi connectivity index (χ2n) is 11.0. The van der Waals surface area contributed by atoms with Gasteiger partial charge in [-0.15, -0.1) is 0 Å². The van der Waals surface area contributed by atoms with Gasteiger partial charge in [0, 0.05) is 25.3 Å². The van der Waals surface area contributed by atoms with Gasteiger partial charge < -0.3 is 15.4 Å². The first kappa shape index (κ1) is 28.2. The third kappa shape index (κ3) is 17.8. The molecule has 172 valence electrons. The van der Waals surface area contributed by atoms with Gasteiger partial charge in [-0.3, -0.25) is 9.59 Å². The molecular weight excluding hydrogens is 384 g/mol. The van der Waals surface area contributed by atoms with E-state index in [1.165, 1.54) is 0 Å². The van der Waals surface area contributed by atoms with Crippen molar-refractivity contribution < 1.29 is 14.3 Å². The van der Waals surface area contributed by atoms with Gasteiger partial charge in [0.2, 0.25) is 11.8 Å². The summed E-state index contributed by atoms with van der Waals surface area (Å²) < 4.78 is 5.96. The van der Waals surface area contributed by atoms with Crippen LogP contribution in [0, 0.1) is 16.7 Å². The van der Waals surface area contributed by atoms with Crippen molar-refractivity contribution >= 4 is 23.6 Å². The van der Waals surface area contributed by atoms with Crippen molar-refractivity contribution in [3.05, 3.63) is 0 Å². The molecule has 0 saturated heterocycles. The van der Waals surface area contributed by atoms with E-state index < -0.39 is 0 Å². The molecule has 0 aliphatic heterocycles. The first-order chi connectivity index (χ1) is 13.1. The number of amides is 2. The molecule has 0 aromatic heterocycles. The van der Waals surface area contributed by atoms with E-state index in [0.717, 1.165) is 17.9 Å². The average molecular weight is 431 g/mol. The van der Waals surface area contributed by atoms with E-state index >= 15 is 0 Å². The first-order valence-electron chi connectivity index (χ1n) is 10.9. The number of rotatable bonds is 13. The quantitative estimate of drug-likeness (QED) is 0.418. The van der Waals surface area contributed by atoms with Gasteiger partial charge in [0.1, 0.15) is 0 Å². The van der Waals surface area contributed by atoms with Gasteiger partial charge >= 0.3 is 0 Å². The van der Waals surface area contributed by atoms with Crippen LogP contribution in [0.15, 0.2) is 0 Å². The van der Waals surface area contributed by atoms with Crippen molar-refractivity contribution in [2.75, 3.05) is 31.2 Å². The maximum absolute atomic E-state index is 12.2. The van der Waals surface area contributed by atoms with Crippen molar-refractivity contribution in [2.24, 2.45) is 16.7 Å². The lowest BCUT2D eigenvalue weighted by Crippen LogP contribution is -2.37. The van der Waals surface area contributed by atoms with Gasteiger partial charge in [-0.05, 0) is 43.3 Å². The Labute approximate surface area is 183 Å². The molecule has 0 aliphatic carbocycles. The zero-order chi connectivity index (χ0) is 22.7. The summed E-state index contributed by atoms with van der Waals surface area (Å²) >= 11 is 1.87. The van der Waals surface area contributed by atoms with Crippen LogP contribution in [0.1, 0.15) is 81.6 Å². The van der Waals surface area contributed by atoms with Crippen molar-refractivity contribution in [3.8, 4) is 0 Å². The molecule has 5 nitrogen and oxygen atoms in total. The number of hydrogen-bond acceptors (Lipinski definition) is 4. The minimum Gasteiger partial charge on any atom is -0.375 e. The number of nitrogens with one attached hydrogen (secondary N) is 2. The summed E-state index contributed by atoms with van der Waals surface area (Å²) in [5.41, 5.74) is 0.101. The highest BCUT2D eigenvalue weighted by Crippen LogP contribution is 2.21. The van der Waals surface area contributed by atoms with Crippen molar-refractivity contribution in [3.63, 3.8) is 0 Å². The van der Waals surface area contributed by atoms with Crippen LogP contribution in [0.5, 0.6) is 0 Å².